The quantitative estimate of drug-likeness (QED) is 0.820. The topological polar surface area (TPSA) is 74.7 Å². The van der Waals surface area contributed by atoms with E-state index < -0.39 is 11.6 Å². The van der Waals surface area contributed by atoms with E-state index in [0.29, 0.717) is 25.7 Å². The Kier molecular flexibility index (Phi) is 4.96. The highest BCUT2D eigenvalue weighted by Gasteiger charge is 2.52. The van der Waals surface area contributed by atoms with Crippen LogP contribution in [0.1, 0.15) is 38.2 Å². The molecule has 1 atom stereocenters. The van der Waals surface area contributed by atoms with Gasteiger partial charge in [-0.3, -0.25) is 14.5 Å². The van der Waals surface area contributed by atoms with Crippen LogP contribution in [0.3, 0.4) is 0 Å². The Labute approximate surface area is 129 Å². The molecule has 1 aliphatic rings. The van der Waals surface area contributed by atoms with E-state index >= 15 is 0 Å². The van der Waals surface area contributed by atoms with Gasteiger partial charge in [0.05, 0.1) is 0 Å². The highest BCUT2D eigenvalue weighted by Crippen LogP contribution is 2.33. The summed E-state index contributed by atoms with van der Waals surface area (Å²) in [6, 6.07) is 9.75. The van der Waals surface area contributed by atoms with Crippen LogP contribution in [0.25, 0.3) is 0 Å². The number of aryl methyl sites for hydroxylation is 1. The fourth-order valence-electron chi connectivity index (χ4n) is 3.23. The van der Waals surface area contributed by atoms with Gasteiger partial charge in [0.25, 0.3) is 0 Å². The van der Waals surface area contributed by atoms with Crippen LogP contribution < -0.4 is 0 Å². The molecule has 1 saturated carbocycles. The van der Waals surface area contributed by atoms with E-state index in [0.717, 1.165) is 10.5 Å². The molecule has 5 heteroatoms. The molecule has 1 fully saturated rings. The molecule has 0 unspecified atom stereocenters. The number of rotatable bonds is 6. The van der Waals surface area contributed by atoms with Gasteiger partial charge in [0, 0.05) is 13.0 Å². The zero-order valence-corrected chi connectivity index (χ0v) is 12.7. The summed E-state index contributed by atoms with van der Waals surface area (Å²) in [6.45, 7) is 1.51. The molecule has 0 heterocycles. The normalized spacial score (nSPS) is 20.9. The molecule has 0 aliphatic heterocycles. The Morgan fingerprint density at radius 2 is 1.95 bits per heavy atom. The van der Waals surface area contributed by atoms with Gasteiger partial charge in [-0.15, -0.1) is 0 Å². The first-order chi connectivity index (χ1) is 10.5. The predicted octanol–water partition coefficient (Wildman–Crippen LogP) is 2.68. The molecule has 0 aromatic heterocycles. The maximum Gasteiger partial charge on any atom is 0.408 e. The zero-order chi connectivity index (χ0) is 16.2. The van der Waals surface area contributed by atoms with Crippen LogP contribution in [0.4, 0.5) is 4.79 Å². The molecule has 0 bridgehead atoms. The predicted molar refractivity (Wildman–Crippen MR) is 81.8 cm³/mol. The van der Waals surface area contributed by atoms with Crippen LogP contribution in [-0.4, -0.2) is 39.7 Å². The lowest BCUT2D eigenvalue weighted by Crippen LogP contribution is -2.59. The Hall–Kier alpha value is -2.17. The van der Waals surface area contributed by atoms with E-state index in [1.165, 1.54) is 6.92 Å². The fraction of sp³-hybridized carbons (Fsp3) is 0.471. The van der Waals surface area contributed by atoms with E-state index in [1.807, 2.05) is 30.3 Å². The number of carbonyl (C=O) groups excluding carboxylic acids is 2. The van der Waals surface area contributed by atoms with Crippen molar-refractivity contribution in [1.29, 1.82) is 0 Å². The van der Waals surface area contributed by atoms with Crippen LogP contribution in [0, 0.1) is 0 Å². The average molecular weight is 303 g/mol. The van der Waals surface area contributed by atoms with E-state index in [4.69, 9.17) is 0 Å². The third-order valence-corrected chi connectivity index (χ3v) is 4.37. The second-order valence-corrected chi connectivity index (χ2v) is 5.72. The Bertz CT molecular complexity index is 569. The van der Waals surface area contributed by atoms with E-state index in [9.17, 15) is 19.5 Å². The molecule has 1 N–H and O–H groups in total. The second kappa shape index (κ2) is 6.73. The van der Waals surface area contributed by atoms with E-state index in [2.05, 4.69) is 0 Å². The fourth-order valence-corrected chi connectivity index (χ4v) is 3.23. The van der Waals surface area contributed by atoms with Crippen molar-refractivity contribution in [3.05, 3.63) is 35.9 Å². The van der Waals surface area contributed by atoms with Crippen molar-refractivity contribution >= 4 is 17.7 Å². The number of ketones is 2. The molecule has 1 aliphatic carbocycles. The number of carbonyl (C=O) groups is 3. The molecule has 0 radical (unpaired) electrons. The molecule has 0 spiro atoms. The second-order valence-electron chi connectivity index (χ2n) is 5.72. The molecule has 0 saturated heterocycles. The van der Waals surface area contributed by atoms with Crippen molar-refractivity contribution in [2.75, 3.05) is 6.54 Å². The molecule has 1 amide bonds. The molecule has 118 valence electrons. The number of hydrogen-bond donors (Lipinski definition) is 1. The molecule has 22 heavy (non-hydrogen) atoms. The van der Waals surface area contributed by atoms with Gasteiger partial charge in [-0.2, -0.15) is 0 Å². The molecule has 5 nitrogen and oxygen atoms in total. The van der Waals surface area contributed by atoms with E-state index in [1.54, 1.807) is 0 Å². The number of hydrogen-bond acceptors (Lipinski definition) is 3. The van der Waals surface area contributed by atoms with Crippen LogP contribution in [0.2, 0.25) is 0 Å². The summed E-state index contributed by atoms with van der Waals surface area (Å²) in [5.74, 6) is -0.626. The average Bonchev–Trinajstić information content (AvgIpc) is 2.87. The smallest absolute Gasteiger partial charge is 0.408 e. The Balaban J connectivity index is 2.11. The first-order valence-electron chi connectivity index (χ1n) is 7.57. The molecular weight excluding hydrogens is 282 g/mol. The first-order valence-corrected chi connectivity index (χ1v) is 7.57. The number of nitrogens with zero attached hydrogens (tertiary/aromatic N) is 1. The van der Waals surface area contributed by atoms with Gasteiger partial charge in [-0.05, 0) is 38.2 Å². The van der Waals surface area contributed by atoms with Crippen LogP contribution in [0.15, 0.2) is 30.3 Å². The highest BCUT2D eigenvalue weighted by molar-refractivity contribution is 6.13. The van der Waals surface area contributed by atoms with Gasteiger partial charge in [0.15, 0.2) is 17.1 Å². The molecule has 1 aromatic carbocycles. The number of carboxylic acid groups (broad SMARTS) is 1. The summed E-state index contributed by atoms with van der Waals surface area (Å²) in [4.78, 5) is 36.9. The van der Waals surface area contributed by atoms with Crippen LogP contribution >= 0.6 is 0 Å². The van der Waals surface area contributed by atoms with Gasteiger partial charge in [-0.25, -0.2) is 4.79 Å². The number of amides is 1. The Morgan fingerprint density at radius 3 is 2.45 bits per heavy atom. The van der Waals surface area contributed by atoms with Crippen LogP contribution in [-0.2, 0) is 16.0 Å². The zero-order valence-electron chi connectivity index (χ0n) is 12.7. The summed E-state index contributed by atoms with van der Waals surface area (Å²) >= 11 is 0. The summed E-state index contributed by atoms with van der Waals surface area (Å²) < 4.78 is 0. The molecule has 1 aromatic rings. The third-order valence-electron chi connectivity index (χ3n) is 4.37. The summed E-state index contributed by atoms with van der Waals surface area (Å²) in [5.41, 5.74) is -0.342. The van der Waals surface area contributed by atoms with Crippen molar-refractivity contribution < 1.29 is 19.5 Å². The lowest BCUT2D eigenvalue weighted by Gasteiger charge is -2.36. The SMILES string of the molecule is CC(=O)[C@@]1(N(CCCc2ccccc2)C(=O)O)CCCC1=O. The van der Waals surface area contributed by atoms with Gasteiger partial charge in [0.1, 0.15) is 0 Å². The maximum atomic E-state index is 12.2. The summed E-state index contributed by atoms with van der Waals surface area (Å²) in [7, 11) is 0. The van der Waals surface area contributed by atoms with Crippen LogP contribution in [0.5, 0.6) is 0 Å². The van der Waals surface area contributed by atoms with Crippen molar-refractivity contribution in [1.82, 2.24) is 4.90 Å². The molecule has 2 rings (SSSR count). The monoisotopic (exact) mass is 303 g/mol. The van der Waals surface area contributed by atoms with Gasteiger partial charge in [-0.1, -0.05) is 30.3 Å². The van der Waals surface area contributed by atoms with E-state index in [-0.39, 0.29) is 24.5 Å². The Morgan fingerprint density at radius 1 is 1.27 bits per heavy atom. The van der Waals surface area contributed by atoms with Gasteiger partial charge in [0.2, 0.25) is 0 Å². The maximum absolute atomic E-state index is 12.2. The third kappa shape index (κ3) is 3.03. The van der Waals surface area contributed by atoms with Gasteiger partial charge < -0.3 is 5.11 Å². The summed E-state index contributed by atoms with van der Waals surface area (Å²) in [6.07, 6.45) is 1.26. The molecular formula is C17H21NO4. The standard InChI is InChI=1S/C17H21NO4/c1-13(19)17(11-5-10-15(17)20)18(16(21)22)12-6-9-14-7-3-2-4-8-14/h2-4,7-8H,5-6,9-12H2,1H3,(H,21,22)/t17-/m0/s1. The van der Waals surface area contributed by atoms with Crippen molar-refractivity contribution in [3.63, 3.8) is 0 Å². The van der Waals surface area contributed by atoms with Crippen molar-refractivity contribution in [3.8, 4) is 0 Å². The minimum Gasteiger partial charge on any atom is -0.465 e. The first kappa shape index (κ1) is 16.2. The largest absolute Gasteiger partial charge is 0.465 e. The minimum absolute atomic E-state index is 0.190. The van der Waals surface area contributed by atoms with Crippen molar-refractivity contribution in [2.45, 2.75) is 44.6 Å². The number of Topliss-reactive ketones (excluding diaryl/α,β-unsaturated/α-hetero) is 2. The summed E-state index contributed by atoms with van der Waals surface area (Å²) in [5, 5.41) is 9.48. The lowest BCUT2D eigenvalue weighted by molar-refractivity contribution is -0.139. The number of benzene rings is 1. The lowest BCUT2D eigenvalue weighted by atomic mass is 9.89. The highest BCUT2D eigenvalue weighted by atomic mass is 16.4. The van der Waals surface area contributed by atoms with Crippen molar-refractivity contribution in [2.24, 2.45) is 0 Å². The minimum atomic E-state index is -1.46. The van der Waals surface area contributed by atoms with Gasteiger partial charge >= 0.3 is 6.09 Å².